The van der Waals surface area contributed by atoms with E-state index >= 15 is 0 Å². The highest BCUT2D eigenvalue weighted by Gasteiger charge is 2.12. The Labute approximate surface area is 106 Å². The Morgan fingerprint density at radius 2 is 2.06 bits per heavy atom. The number of aromatic hydroxyl groups is 1. The average molecular weight is 276 g/mol. The van der Waals surface area contributed by atoms with Gasteiger partial charge in [0.2, 0.25) is 10.0 Å². The van der Waals surface area contributed by atoms with E-state index in [1.165, 1.54) is 20.2 Å². The molecule has 0 heterocycles. The van der Waals surface area contributed by atoms with Crippen LogP contribution in [0.5, 0.6) is 5.75 Å². The summed E-state index contributed by atoms with van der Waals surface area (Å²) in [6, 6.07) is 4.23. The first-order valence-corrected chi connectivity index (χ1v) is 7.03. The van der Waals surface area contributed by atoms with E-state index in [-0.39, 0.29) is 18.8 Å². The van der Waals surface area contributed by atoms with E-state index in [2.05, 4.69) is 5.32 Å². The number of rotatable bonds is 6. The molecular weight excluding hydrogens is 259 g/mol. The smallest absolute Gasteiger partial charge is 0.214 e. The van der Waals surface area contributed by atoms with Gasteiger partial charge in [0.15, 0.2) is 11.6 Å². The van der Waals surface area contributed by atoms with E-state index in [9.17, 15) is 17.9 Å². The van der Waals surface area contributed by atoms with Gasteiger partial charge in [-0.25, -0.2) is 17.1 Å². The molecule has 0 saturated heterocycles. The molecule has 7 heteroatoms. The highest BCUT2D eigenvalue weighted by Crippen LogP contribution is 2.20. The fraction of sp³-hybridized carbons (Fsp3) is 0.455. The van der Waals surface area contributed by atoms with Crippen LogP contribution in [-0.4, -0.2) is 44.2 Å². The number of para-hydroxylation sites is 1. The van der Waals surface area contributed by atoms with Gasteiger partial charge in [-0.3, -0.25) is 0 Å². The van der Waals surface area contributed by atoms with Gasteiger partial charge in [-0.05, 0) is 6.07 Å². The van der Waals surface area contributed by atoms with Crippen LogP contribution in [0, 0.1) is 5.82 Å². The molecule has 0 amide bonds. The number of benzene rings is 1. The van der Waals surface area contributed by atoms with Gasteiger partial charge in [-0.15, -0.1) is 0 Å². The Morgan fingerprint density at radius 3 is 2.67 bits per heavy atom. The Balaban J connectivity index is 2.46. The van der Waals surface area contributed by atoms with Crippen LogP contribution in [0.3, 0.4) is 0 Å². The number of sulfonamides is 1. The molecule has 0 radical (unpaired) electrons. The summed E-state index contributed by atoms with van der Waals surface area (Å²) in [4.78, 5) is 0. The van der Waals surface area contributed by atoms with Gasteiger partial charge in [-0.1, -0.05) is 12.1 Å². The monoisotopic (exact) mass is 276 g/mol. The lowest BCUT2D eigenvalue weighted by Crippen LogP contribution is -2.31. The standard InChI is InChI=1S/C11H17FN2O3S/c1-14(2)18(16,17)7-6-13-8-9-4-3-5-10(12)11(9)15/h3-5,13,15H,6-8H2,1-2H3. The lowest BCUT2D eigenvalue weighted by molar-refractivity contribution is 0.423. The average Bonchev–Trinajstić information content (AvgIpc) is 2.29. The molecule has 102 valence electrons. The fourth-order valence-electron chi connectivity index (χ4n) is 1.31. The van der Waals surface area contributed by atoms with E-state index in [4.69, 9.17) is 0 Å². The summed E-state index contributed by atoms with van der Waals surface area (Å²) in [6.07, 6.45) is 0. The van der Waals surface area contributed by atoms with E-state index in [0.29, 0.717) is 5.56 Å². The summed E-state index contributed by atoms with van der Waals surface area (Å²) in [5, 5.41) is 12.3. The summed E-state index contributed by atoms with van der Waals surface area (Å²) in [7, 11) is -0.305. The van der Waals surface area contributed by atoms with E-state index in [1.54, 1.807) is 6.07 Å². The van der Waals surface area contributed by atoms with Crippen LogP contribution in [0.25, 0.3) is 0 Å². The van der Waals surface area contributed by atoms with Crippen molar-refractivity contribution in [3.05, 3.63) is 29.6 Å². The molecule has 1 rings (SSSR count). The lowest BCUT2D eigenvalue weighted by Gasteiger charge is -2.12. The van der Waals surface area contributed by atoms with Crippen molar-refractivity contribution < 1.29 is 17.9 Å². The molecule has 0 aromatic heterocycles. The molecule has 1 aromatic rings. The molecule has 0 fully saturated rings. The Hall–Kier alpha value is -1.18. The van der Waals surface area contributed by atoms with Gasteiger partial charge in [-0.2, -0.15) is 0 Å². The first-order valence-electron chi connectivity index (χ1n) is 5.42. The largest absolute Gasteiger partial charge is 0.505 e. The molecule has 2 N–H and O–H groups in total. The molecule has 0 aliphatic carbocycles. The van der Waals surface area contributed by atoms with Crippen LogP contribution in [0.1, 0.15) is 5.56 Å². The second-order valence-electron chi connectivity index (χ2n) is 4.02. The SMILES string of the molecule is CN(C)S(=O)(=O)CCNCc1cccc(F)c1O. The molecule has 0 aliphatic rings. The maximum Gasteiger partial charge on any atom is 0.214 e. The topological polar surface area (TPSA) is 69.6 Å². The molecule has 1 aromatic carbocycles. The van der Waals surface area contributed by atoms with E-state index in [1.807, 2.05) is 0 Å². The Bertz CT molecular complexity index is 503. The number of nitrogens with zero attached hydrogens (tertiary/aromatic N) is 1. The van der Waals surface area contributed by atoms with Crippen molar-refractivity contribution in [1.82, 2.24) is 9.62 Å². The third-order valence-corrected chi connectivity index (χ3v) is 4.31. The second-order valence-corrected chi connectivity index (χ2v) is 6.33. The normalized spacial score (nSPS) is 12.0. The van der Waals surface area contributed by atoms with Gasteiger partial charge in [0, 0.05) is 32.7 Å². The van der Waals surface area contributed by atoms with Crippen LogP contribution in [0.4, 0.5) is 4.39 Å². The van der Waals surface area contributed by atoms with Crippen molar-refractivity contribution in [3.63, 3.8) is 0 Å². The predicted octanol–water partition coefficient (Wildman–Crippen LogP) is 0.512. The maximum atomic E-state index is 13.0. The van der Waals surface area contributed by atoms with Crippen molar-refractivity contribution in [2.75, 3.05) is 26.4 Å². The van der Waals surface area contributed by atoms with Crippen molar-refractivity contribution in [3.8, 4) is 5.75 Å². The fourth-order valence-corrected chi connectivity index (χ4v) is 2.08. The zero-order valence-corrected chi connectivity index (χ0v) is 11.2. The van der Waals surface area contributed by atoms with E-state index in [0.717, 1.165) is 10.4 Å². The minimum atomic E-state index is -3.24. The molecular formula is C11H17FN2O3S. The summed E-state index contributed by atoms with van der Waals surface area (Å²) >= 11 is 0. The first kappa shape index (κ1) is 14.9. The zero-order chi connectivity index (χ0) is 13.8. The summed E-state index contributed by atoms with van der Waals surface area (Å²) in [5.74, 6) is -1.13. The molecule has 0 unspecified atom stereocenters. The van der Waals surface area contributed by atoms with Crippen LogP contribution < -0.4 is 5.32 Å². The van der Waals surface area contributed by atoms with Gasteiger partial charge < -0.3 is 10.4 Å². The number of nitrogens with one attached hydrogen (secondary N) is 1. The van der Waals surface area contributed by atoms with Crippen molar-refractivity contribution in [1.29, 1.82) is 0 Å². The van der Waals surface area contributed by atoms with E-state index < -0.39 is 21.6 Å². The molecule has 0 bridgehead atoms. The van der Waals surface area contributed by atoms with Gasteiger partial charge in [0.25, 0.3) is 0 Å². The molecule has 18 heavy (non-hydrogen) atoms. The number of hydrogen-bond acceptors (Lipinski definition) is 4. The lowest BCUT2D eigenvalue weighted by atomic mass is 10.2. The number of hydrogen-bond donors (Lipinski definition) is 2. The van der Waals surface area contributed by atoms with Crippen LogP contribution in [-0.2, 0) is 16.6 Å². The highest BCUT2D eigenvalue weighted by atomic mass is 32.2. The quantitative estimate of drug-likeness (QED) is 0.743. The highest BCUT2D eigenvalue weighted by molar-refractivity contribution is 7.89. The van der Waals surface area contributed by atoms with Crippen LogP contribution >= 0.6 is 0 Å². The minimum absolute atomic E-state index is 0.0456. The predicted molar refractivity (Wildman–Crippen MR) is 67.2 cm³/mol. The Morgan fingerprint density at radius 1 is 1.39 bits per heavy atom. The summed E-state index contributed by atoms with van der Waals surface area (Å²) in [5.41, 5.74) is 0.400. The molecule has 0 atom stereocenters. The minimum Gasteiger partial charge on any atom is -0.505 e. The third-order valence-electron chi connectivity index (χ3n) is 2.48. The molecule has 0 aliphatic heterocycles. The maximum absolute atomic E-state index is 13.0. The van der Waals surface area contributed by atoms with Crippen molar-refractivity contribution in [2.24, 2.45) is 0 Å². The van der Waals surface area contributed by atoms with Crippen LogP contribution in [0.2, 0.25) is 0 Å². The summed E-state index contributed by atoms with van der Waals surface area (Å²) in [6.45, 7) is 0.447. The summed E-state index contributed by atoms with van der Waals surface area (Å²) < 4.78 is 37.0. The number of phenolic OH excluding ortho intramolecular Hbond substituents is 1. The first-order chi connectivity index (χ1) is 8.34. The van der Waals surface area contributed by atoms with Gasteiger partial charge in [0.05, 0.1) is 5.75 Å². The number of phenols is 1. The van der Waals surface area contributed by atoms with Gasteiger partial charge in [0.1, 0.15) is 0 Å². The zero-order valence-electron chi connectivity index (χ0n) is 10.4. The second kappa shape index (κ2) is 6.12. The molecule has 0 saturated carbocycles. The molecule has 0 spiro atoms. The van der Waals surface area contributed by atoms with Gasteiger partial charge >= 0.3 is 0 Å². The number of halogens is 1. The Kier molecular flexibility index (Phi) is 5.06. The molecule has 5 nitrogen and oxygen atoms in total. The van der Waals surface area contributed by atoms with Crippen molar-refractivity contribution >= 4 is 10.0 Å². The third kappa shape index (κ3) is 3.94. The van der Waals surface area contributed by atoms with Crippen molar-refractivity contribution in [2.45, 2.75) is 6.54 Å². The van der Waals surface area contributed by atoms with Crippen LogP contribution in [0.15, 0.2) is 18.2 Å².